The molecule has 4 heteroatoms. The van der Waals surface area contributed by atoms with Crippen molar-refractivity contribution >= 4 is 11.6 Å². The second-order valence-electron chi connectivity index (χ2n) is 8.48. The number of halogens is 1. The Kier molecular flexibility index (Phi) is 7.38. The molecule has 1 N–H and O–H groups in total. The summed E-state index contributed by atoms with van der Waals surface area (Å²) in [5.74, 6) is 1.22. The normalized spacial score (nSPS) is 18.2. The van der Waals surface area contributed by atoms with Crippen molar-refractivity contribution in [2.24, 2.45) is 11.8 Å². The fourth-order valence-electron chi connectivity index (χ4n) is 4.52. The molecule has 3 nitrogen and oxygen atoms in total. The molecule has 0 spiro atoms. The van der Waals surface area contributed by atoms with E-state index in [2.05, 4.69) is 64.8 Å². The molecule has 1 fully saturated rings. The van der Waals surface area contributed by atoms with E-state index in [1.165, 1.54) is 16.7 Å². The average molecular weight is 430 g/mol. The summed E-state index contributed by atoms with van der Waals surface area (Å²) in [6.45, 7) is 4.82. The Morgan fingerprint density at radius 1 is 0.839 bits per heavy atom. The van der Waals surface area contributed by atoms with Gasteiger partial charge in [0, 0.05) is 24.7 Å². The largest absolute Gasteiger partial charge is 0.316 e. The van der Waals surface area contributed by atoms with Gasteiger partial charge in [0.15, 0.2) is 0 Å². The number of nitriles is 1. The van der Waals surface area contributed by atoms with Crippen LogP contribution in [0.15, 0.2) is 78.9 Å². The average Bonchev–Trinajstić information content (AvgIpc) is 3.22. The van der Waals surface area contributed by atoms with E-state index in [0.717, 1.165) is 44.2 Å². The van der Waals surface area contributed by atoms with Gasteiger partial charge in [-0.3, -0.25) is 4.90 Å². The Bertz CT molecular complexity index is 1010. The summed E-state index contributed by atoms with van der Waals surface area (Å²) in [6.07, 6.45) is 1.11. The first-order valence-electron chi connectivity index (χ1n) is 10.9. The second-order valence-corrected chi connectivity index (χ2v) is 8.91. The smallest absolute Gasteiger partial charge is 0.0991 e. The zero-order chi connectivity index (χ0) is 21.5. The molecule has 3 aromatic carbocycles. The monoisotopic (exact) mass is 429 g/mol. The van der Waals surface area contributed by atoms with Crippen LogP contribution in [0.1, 0.15) is 22.3 Å². The van der Waals surface area contributed by atoms with E-state index in [0.29, 0.717) is 17.4 Å². The van der Waals surface area contributed by atoms with Gasteiger partial charge in [-0.25, -0.2) is 0 Å². The van der Waals surface area contributed by atoms with Gasteiger partial charge in [0.2, 0.25) is 0 Å². The molecule has 1 saturated heterocycles. The standard InChI is InChI=1S/C27H28ClN3/c28-27-11-9-22(10-12-27)18-31(19-24-8-4-7-23(13-24)15-29)20-26-17-30-16-25(26)14-21-5-2-1-3-6-21/h1-13,25-26,30H,14,16-20H2/t25-,26+/m1/s1. The molecular formula is C27H28ClN3. The van der Waals surface area contributed by atoms with Gasteiger partial charge in [-0.2, -0.15) is 5.26 Å². The quantitative estimate of drug-likeness (QED) is 0.528. The van der Waals surface area contributed by atoms with Crippen molar-refractivity contribution in [3.8, 4) is 6.07 Å². The van der Waals surface area contributed by atoms with Crippen LogP contribution >= 0.6 is 11.6 Å². The molecule has 1 aliphatic heterocycles. The highest BCUT2D eigenvalue weighted by molar-refractivity contribution is 6.30. The Balaban J connectivity index is 1.49. The Morgan fingerprint density at radius 2 is 1.55 bits per heavy atom. The maximum absolute atomic E-state index is 9.28. The van der Waals surface area contributed by atoms with E-state index < -0.39 is 0 Å². The van der Waals surface area contributed by atoms with Crippen molar-refractivity contribution in [3.05, 3.63) is 106 Å². The SMILES string of the molecule is N#Cc1cccc(CN(Cc2ccc(Cl)cc2)C[C@@H]2CNC[C@H]2Cc2ccccc2)c1. The van der Waals surface area contributed by atoms with E-state index in [-0.39, 0.29) is 0 Å². The third kappa shape index (κ3) is 6.18. The van der Waals surface area contributed by atoms with Crippen LogP contribution < -0.4 is 5.32 Å². The molecule has 4 rings (SSSR count). The van der Waals surface area contributed by atoms with Crippen LogP contribution in [0.5, 0.6) is 0 Å². The Morgan fingerprint density at radius 3 is 2.32 bits per heavy atom. The number of hydrogen-bond acceptors (Lipinski definition) is 3. The predicted molar refractivity (Wildman–Crippen MR) is 127 cm³/mol. The van der Waals surface area contributed by atoms with Gasteiger partial charge in [0.25, 0.3) is 0 Å². The van der Waals surface area contributed by atoms with Crippen LogP contribution in [0.4, 0.5) is 0 Å². The van der Waals surface area contributed by atoms with Crippen LogP contribution in [0.3, 0.4) is 0 Å². The summed E-state index contributed by atoms with van der Waals surface area (Å²) in [5.41, 5.74) is 4.56. The van der Waals surface area contributed by atoms with Gasteiger partial charge in [0.05, 0.1) is 11.6 Å². The summed E-state index contributed by atoms with van der Waals surface area (Å²) in [5, 5.41) is 13.7. The second kappa shape index (κ2) is 10.6. The Labute approximate surface area is 190 Å². The molecule has 0 saturated carbocycles. The first kappa shape index (κ1) is 21.6. The van der Waals surface area contributed by atoms with Gasteiger partial charge in [0.1, 0.15) is 0 Å². The lowest BCUT2D eigenvalue weighted by Gasteiger charge is -2.28. The molecule has 3 aromatic rings. The molecule has 31 heavy (non-hydrogen) atoms. The maximum atomic E-state index is 9.28. The van der Waals surface area contributed by atoms with Gasteiger partial charge < -0.3 is 5.32 Å². The summed E-state index contributed by atoms with van der Waals surface area (Å²) in [4.78, 5) is 2.51. The molecule has 0 unspecified atom stereocenters. The number of nitrogens with one attached hydrogen (secondary N) is 1. The predicted octanol–water partition coefficient (Wildman–Crippen LogP) is 5.29. The van der Waals surface area contributed by atoms with Crippen LogP contribution in [-0.2, 0) is 19.5 Å². The van der Waals surface area contributed by atoms with Crippen LogP contribution in [0, 0.1) is 23.2 Å². The van der Waals surface area contributed by atoms with E-state index >= 15 is 0 Å². The number of rotatable bonds is 8. The van der Waals surface area contributed by atoms with Crippen molar-refractivity contribution in [1.82, 2.24) is 10.2 Å². The van der Waals surface area contributed by atoms with Gasteiger partial charge >= 0.3 is 0 Å². The first-order valence-corrected chi connectivity index (χ1v) is 11.3. The summed E-state index contributed by atoms with van der Waals surface area (Å²) in [7, 11) is 0. The van der Waals surface area contributed by atoms with Crippen molar-refractivity contribution in [1.29, 1.82) is 5.26 Å². The highest BCUT2D eigenvalue weighted by atomic mass is 35.5. The van der Waals surface area contributed by atoms with Crippen LogP contribution in [0.25, 0.3) is 0 Å². The maximum Gasteiger partial charge on any atom is 0.0991 e. The number of benzene rings is 3. The van der Waals surface area contributed by atoms with Crippen LogP contribution in [0.2, 0.25) is 5.02 Å². The minimum absolute atomic E-state index is 0.589. The molecular weight excluding hydrogens is 402 g/mol. The van der Waals surface area contributed by atoms with Gasteiger partial charge in [-0.05, 0) is 72.3 Å². The lowest BCUT2D eigenvalue weighted by atomic mass is 9.89. The zero-order valence-electron chi connectivity index (χ0n) is 17.7. The lowest BCUT2D eigenvalue weighted by Crippen LogP contribution is -2.33. The third-order valence-electron chi connectivity index (χ3n) is 6.09. The molecule has 0 aromatic heterocycles. The molecule has 0 radical (unpaired) electrons. The first-order chi connectivity index (χ1) is 15.2. The van der Waals surface area contributed by atoms with Crippen molar-refractivity contribution in [2.75, 3.05) is 19.6 Å². The van der Waals surface area contributed by atoms with Crippen molar-refractivity contribution in [3.63, 3.8) is 0 Å². The van der Waals surface area contributed by atoms with Crippen LogP contribution in [-0.4, -0.2) is 24.5 Å². The molecule has 0 amide bonds. The molecule has 0 bridgehead atoms. The highest BCUT2D eigenvalue weighted by Gasteiger charge is 2.29. The number of hydrogen-bond donors (Lipinski definition) is 1. The van der Waals surface area contributed by atoms with E-state index in [9.17, 15) is 5.26 Å². The van der Waals surface area contributed by atoms with Crippen molar-refractivity contribution < 1.29 is 0 Å². The van der Waals surface area contributed by atoms with E-state index in [1.807, 2.05) is 30.3 Å². The molecule has 2 atom stereocenters. The lowest BCUT2D eigenvalue weighted by molar-refractivity contribution is 0.198. The summed E-state index contributed by atoms with van der Waals surface area (Å²) >= 11 is 6.09. The fourth-order valence-corrected chi connectivity index (χ4v) is 4.64. The van der Waals surface area contributed by atoms with Crippen molar-refractivity contribution in [2.45, 2.75) is 19.5 Å². The topological polar surface area (TPSA) is 39.1 Å². The minimum Gasteiger partial charge on any atom is -0.316 e. The van der Waals surface area contributed by atoms with E-state index in [1.54, 1.807) is 0 Å². The Hall–Kier alpha value is -2.64. The van der Waals surface area contributed by atoms with Gasteiger partial charge in [-0.1, -0.05) is 66.2 Å². The fraction of sp³-hybridized carbons (Fsp3) is 0.296. The summed E-state index contributed by atoms with van der Waals surface area (Å²) in [6, 6.07) is 29.1. The minimum atomic E-state index is 0.589. The number of nitrogens with zero attached hydrogens (tertiary/aromatic N) is 2. The van der Waals surface area contributed by atoms with E-state index in [4.69, 9.17) is 11.6 Å². The zero-order valence-corrected chi connectivity index (χ0v) is 18.4. The molecule has 1 heterocycles. The summed E-state index contributed by atoms with van der Waals surface area (Å²) < 4.78 is 0. The third-order valence-corrected chi connectivity index (χ3v) is 6.35. The molecule has 0 aliphatic carbocycles. The van der Waals surface area contributed by atoms with Gasteiger partial charge in [-0.15, -0.1) is 0 Å². The molecule has 158 valence electrons. The highest BCUT2D eigenvalue weighted by Crippen LogP contribution is 2.24. The molecule has 1 aliphatic rings.